The fourth-order valence-electron chi connectivity index (χ4n) is 3.40. The van der Waals surface area contributed by atoms with E-state index in [1.54, 1.807) is 6.07 Å². The molecule has 1 aromatic heterocycles. The quantitative estimate of drug-likeness (QED) is 0.836. The first-order valence-corrected chi connectivity index (χ1v) is 8.26. The summed E-state index contributed by atoms with van der Waals surface area (Å²) in [6, 6.07) is 5.70. The summed E-state index contributed by atoms with van der Waals surface area (Å²) in [6.45, 7) is 0.410. The van der Waals surface area contributed by atoms with Crippen LogP contribution in [0.15, 0.2) is 18.2 Å². The number of rotatable bonds is 4. The van der Waals surface area contributed by atoms with Crippen molar-refractivity contribution in [1.29, 1.82) is 0 Å². The minimum Gasteiger partial charge on any atom is -0.335 e. The molecule has 0 spiro atoms. The van der Waals surface area contributed by atoms with E-state index in [0.717, 1.165) is 18.0 Å². The molecule has 1 heterocycles. The Morgan fingerprint density at radius 1 is 1.29 bits per heavy atom. The molecular weight excluding hydrogens is 286 g/mol. The van der Waals surface area contributed by atoms with Crippen LogP contribution in [0.25, 0.3) is 0 Å². The second-order valence-electron chi connectivity index (χ2n) is 6.18. The number of nitrogens with one attached hydrogen (secondary N) is 2. The SMILES string of the molecule is O=C(NCc1cccc(Cl)n1)NC1CC1C1CCCCC1. The number of hydrogen-bond acceptors (Lipinski definition) is 2. The number of halogens is 1. The zero-order valence-corrected chi connectivity index (χ0v) is 12.9. The van der Waals surface area contributed by atoms with Crippen LogP contribution in [0.2, 0.25) is 5.15 Å². The molecule has 0 aromatic carbocycles. The van der Waals surface area contributed by atoms with E-state index in [2.05, 4.69) is 15.6 Å². The van der Waals surface area contributed by atoms with Gasteiger partial charge in [0.1, 0.15) is 5.15 Å². The van der Waals surface area contributed by atoms with Crippen LogP contribution in [0.4, 0.5) is 4.79 Å². The highest BCUT2D eigenvalue weighted by Crippen LogP contribution is 2.44. The van der Waals surface area contributed by atoms with E-state index in [1.165, 1.54) is 32.1 Å². The van der Waals surface area contributed by atoms with Crippen LogP contribution < -0.4 is 10.6 Å². The molecule has 1 aromatic rings. The number of aromatic nitrogens is 1. The van der Waals surface area contributed by atoms with E-state index >= 15 is 0 Å². The molecule has 2 aliphatic rings. The van der Waals surface area contributed by atoms with Gasteiger partial charge in [-0.15, -0.1) is 0 Å². The van der Waals surface area contributed by atoms with Crippen molar-refractivity contribution in [2.75, 3.05) is 0 Å². The lowest BCUT2D eigenvalue weighted by atomic mass is 9.85. The average Bonchev–Trinajstić information content (AvgIpc) is 3.25. The smallest absolute Gasteiger partial charge is 0.315 e. The fourth-order valence-corrected chi connectivity index (χ4v) is 3.58. The number of carbonyl (C=O) groups is 1. The van der Waals surface area contributed by atoms with E-state index in [0.29, 0.717) is 23.7 Å². The summed E-state index contributed by atoms with van der Waals surface area (Å²) < 4.78 is 0. The van der Waals surface area contributed by atoms with Gasteiger partial charge < -0.3 is 10.6 Å². The number of hydrogen-bond donors (Lipinski definition) is 2. The summed E-state index contributed by atoms with van der Waals surface area (Å²) in [5.41, 5.74) is 0.775. The zero-order chi connectivity index (χ0) is 14.7. The number of nitrogens with zero attached hydrogens (tertiary/aromatic N) is 1. The molecule has 2 atom stereocenters. The second-order valence-corrected chi connectivity index (χ2v) is 6.57. The largest absolute Gasteiger partial charge is 0.335 e. The summed E-state index contributed by atoms with van der Waals surface area (Å²) >= 11 is 5.82. The Morgan fingerprint density at radius 2 is 2.10 bits per heavy atom. The Labute approximate surface area is 130 Å². The molecule has 3 rings (SSSR count). The molecule has 0 aliphatic heterocycles. The third-order valence-electron chi connectivity index (χ3n) is 4.61. The fraction of sp³-hybridized carbons (Fsp3) is 0.625. The molecule has 2 fully saturated rings. The van der Waals surface area contributed by atoms with Gasteiger partial charge in [-0.3, -0.25) is 0 Å². The third kappa shape index (κ3) is 4.10. The van der Waals surface area contributed by atoms with Crippen LogP contribution >= 0.6 is 11.6 Å². The first-order valence-electron chi connectivity index (χ1n) is 7.88. The van der Waals surface area contributed by atoms with Crippen LogP contribution in [-0.2, 0) is 6.54 Å². The molecule has 2 N–H and O–H groups in total. The minimum absolute atomic E-state index is 0.0971. The minimum atomic E-state index is -0.0971. The Kier molecular flexibility index (Phi) is 4.63. The molecular formula is C16H22ClN3O. The van der Waals surface area contributed by atoms with Crippen LogP contribution in [0.3, 0.4) is 0 Å². The lowest BCUT2D eigenvalue weighted by molar-refractivity contribution is 0.237. The predicted octanol–water partition coefficient (Wildman–Crippen LogP) is 3.50. The highest BCUT2D eigenvalue weighted by Gasteiger charge is 2.43. The summed E-state index contributed by atoms with van der Waals surface area (Å²) in [5.74, 6) is 1.54. The molecule has 2 unspecified atom stereocenters. The highest BCUT2D eigenvalue weighted by molar-refractivity contribution is 6.29. The van der Waals surface area contributed by atoms with Crippen LogP contribution in [0, 0.1) is 11.8 Å². The van der Waals surface area contributed by atoms with E-state index < -0.39 is 0 Å². The Hall–Kier alpha value is -1.29. The number of pyridine rings is 1. The van der Waals surface area contributed by atoms with Gasteiger partial charge in [-0.05, 0) is 30.4 Å². The van der Waals surface area contributed by atoms with Gasteiger partial charge >= 0.3 is 6.03 Å². The van der Waals surface area contributed by atoms with Gasteiger partial charge in [0, 0.05) is 6.04 Å². The van der Waals surface area contributed by atoms with Crippen molar-refractivity contribution in [3.05, 3.63) is 29.0 Å². The van der Waals surface area contributed by atoms with Crippen molar-refractivity contribution in [3.63, 3.8) is 0 Å². The van der Waals surface area contributed by atoms with Crippen LogP contribution in [-0.4, -0.2) is 17.1 Å². The number of urea groups is 1. The maximum Gasteiger partial charge on any atom is 0.315 e. The highest BCUT2D eigenvalue weighted by atomic mass is 35.5. The molecule has 21 heavy (non-hydrogen) atoms. The van der Waals surface area contributed by atoms with E-state index in [-0.39, 0.29) is 6.03 Å². The Bertz CT molecular complexity index is 502. The van der Waals surface area contributed by atoms with Crippen molar-refractivity contribution in [1.82, 2.24) is 15.6 Å². The van der Waals surface area contributed by atoms with E-state index in [1.807, 2.05) is 12.1 Å². The first-order chi connectivity index (χ1) is 10.2. The van der Waals surface area contributed by atoms with Gasteiger partial charge in [-0.2, -0.15) is 0 Å². The van der Waals surface area contributed by atoms with Crippen LogP contribution in [0.1, 0.15) is 44.2 Å². The van der Waals surface area contributed by atoms with Crippen molar-refractivity contribution in [2.45, 2.75) is 51.1 Å². The Balaban J connectivity index is 1.39. The molecule has 2 aliphatic carbocycles. The van der Waals surface area contributed by atoms with Crippen molar-refractivity contribution in [2.24, 2.45) is 11.8 Å². The Morgan fingerprint density at radius 3 is 2.86 bits per heavy atom. The lowest BCUT2D eigenvalue weighted by Gasteiger charge is -2.21. The summed E-state index contributed by atoms with van der Waals surface area (Å²) in [6.07, 6.45) is 7.94. The summed E-state index contributed by atoms with van der Waals surface area (Å²) in [7, 11) is 0. The monoisotopic (exact) mass is 307 g/mol. The number of carbonyl (C=O) groups excluding carboxylic acids is 1. The molecule has 114 valence electrons. The third-order valence-corrected chi connectivity index (χ3v) is 4.82. The summed E-state index contributed by atoms with van der Waals surface area (Å²) in [4.78, 5) is 16.0. The normalized spacial score (nSPS) is 25.4. The predicted molar refractivity (Wildman–Crippen MR) is 83.1 cm³/mol. The molecule has 5 heteroatoms. The second kappa shape index (κ2) is 6.65. The zero-order valence-electron chi connectivity index (χ0n) is 12.1. The van der Waals surface area contributed by atoms with Crippen LogP contribution in [0.5, 0.6) is 0 Å². The first kappa shape index (κ1) is 14.6. The van der Waals surface area contributed by atoms with E-state index in [9.17, 15) is 4.79 Å². The summed E-state index contributed by atoms with van der Waals surface area (Å²) in [5, 5.41) is 6.38. The maximum absolute atomic E-state index is 11.9. The topological polar surface area (TPSA) is 54.0 Å². The standard InChI is InChI=1S/C16H22ClN3O/c17-15-8-4-7-12(19-15)10-18-16(21)20-14-9-13(14)11-5-2-1-3-6-11/h4,7-8,11,13-14H,1-3,5-6,9-10H2,(H2,18,20,21). The maximum atomic E-state index is 11.9. The molecule has 2 amide bonds. The molecule has 0 saturated heterocycles. The van der Waals surface area contributed by atoms with Gasteiger partial charge in [-0.1, -0.05) is 49.8 Å². The molecule has 0 bridgehead atoms. The van der Waals surface area contributed by atoms with E-state index in [4.69, 9.17) is 11.6 Å². The van der Waals surface area contributed by atoms with Crippen molar-refractivity contribution in [3.8, 4) is 0 Å². The number of amides is 2. The van der Waals surface area contributed by atoms with Gasteiger partial charge in [0.15, 0.2) is 0 Å². The van der Waals surface area contributed by atoms with Gasteiger partial charge in [0.05, 0.1) is 12.2 Å². The molecule has 4 nitrogen and oxygen atoms in total. The van der Waals surface area contributed by atoms with Gasteiger partial charge in [0.25, 0.3) is 0 Å². The van der Waals surface area contributed by atoms with Crippen molar-refractivity contribution >= 4 is 17.6 Å². The average molecular weight is 308 g/mol. The van der Waals surface area contributed by atoms with Gasteiger partial charge in [-0.25, -0.2) is 9.78 Å². The molecule has 2 saturated carbocycles. The van der Waals surface area contributed by atoms with Crippen molar-refractivity contribution < 1.29 is 4.79 Å². The molecule has 0 radical (unpaired) electrons. The van der Waals surface area contributed by atoms with Gasteiger partial charge in [0.2, 0.25) is 0 Å². The lowest BCUT2D eigenvalue weighted by Crippen LogP contribution is -2.37.